The lowest BCUT2D eigenvalue weighted by atomic mass is 9.85. The number of carbonyl (C=O) groups excluding carboxylic acids is 2. The Hall–Kier alpha value is -2.08. The van der Waals surface area contributed by atoms with Gasteiger partial charge in [-0.2, -0.15) is 0 Å². The first-order valence-corrected chi connectivity index (χ1v) is 10.5. The van der Waals surface area contributed by atoms with E-state index in [9.17, 15) is 9.59 Å². The Bertz CT molecular complexity index is 694. The molecule has 3 rings (SSSR count). The summed E-state index contributed by atoms with van der Waals surface area (Å²) < 4.78 is 5.75. The molecule has 6 nitrogen and oxygen atoms in total. The number of hydrogen-bond donors (Lipinski definition) is 1. The zero-order valence-corrected chi connectivity index (χ0v) is 17.4. The molecular formula is C22H33N3O3. The molecule has 28 heavy (non-hydrogen) atoms. The Balaban J connectivity index is 1.78. The third-order valence-corrected chi connectivity index (χ3v) is 5.77. The van der Waals surface area contributed by atoms with Gasteiger partial charge in [0.1, 0.15) is 0 Å². The number of nitrogens with one attached hydrogen (secondary N) is 1. The third kappa shape index (κ3) is 5.04. The second kappa shape index (κ2) is 9.41. The Morgan fingerprint density at radius 2 is 1.96 bits per heavy atom. The molecule has 1 aromatic carbocycles. The van der Waals surface area contributed by atoms with Gasteiger partial charge in [0, 0.05) is 57.5 Å². The van der Waals surface area contributed by atoms with Gasteiger partial charge in [-0.3, -0.25) is 9.59 Å². The average Bonchev–Trinajstić information content (AvgIpc) is 3.12. The predicted molar refractivity (Wildman–Crippen MR) is 111 cm³/mol. The summed E-state index contributed by atoms with van der Waals surface area (Å²) in [7, 11) is 4.00. The summed E-state index contributed by atoms with van der Waals surface area (Å²) >= 11 is 0. The number of rotatable bonds is 8. The molecule has 2 fully saturated rings. The summed E-state index contributed by atoms with van der Waals surface area (Å²) in [5, 5.41) is 3.05. The molecular weight excluding hydrogens is 354 g/mol. The van der Waals surface area contributed by atoms with Gasteiger partial charge in [0.2, 0.25) is 11.8 Å². The van der Waals surface area contributed by atoms with Crippen LogP contribution in [0.25, 0.3) is 0 Å². The van der Waals surface area contributed by atoms with E-state index in [1.54, 1.807) is 0 Å². The molecule has 1 atom stereocenters. The summed E-state index contributed by atoms with van der Waals surface area (Å²) in [6, 6.07) is 5.98. The van der Waals surface area contributed by atoms with E-state index in [4.69, 9.17) is 4.74 Å². The van der Waals surface area contributed by atoms with Crippen molar-refractivity contribution >= 4 is 23.2 Å². The van der Waals surface area contributed by atoms with E-state index >= 15 is 0 Å². The fourth-order valence-corrected chi connectivity index (χ4v) is 3.86. The number of benzene rings is 1. The molecule has 154 valence electrons. The van der Waals surface area contributed by atoms with Crippen molar-refractivity contribution in [3.8, 4) is 0 Å². The highest BCUT2D eigenvalue weighted by atomic mass is 16.5. The van der Waals surface area contributed by atoms with Gasteiger partial charge in [0.05, 0.1) is 6.10 Å². The molecule has 2 amide bonds. The molecule has 1 N–H and O–H groups in total. The Morgan fingerprint density at radius 3 is 2.54 bits per heavy atom. The van der Waals surface area contributed by atoms with E-state index in [0.717, 1.165) is 55.6 Å². The summed E-state index contributed by atoms with van der Waals surface area (Å²) in [5.74, 6) is 0.384. The van der Waals surface area contributed by atoms with Crippen LogP contribution in [0.15, 0.2) is 18.2 Å². The number of anilines is 2. The van der Waals surface area contributed by atoms with Gasteiger partial charge >= 0.3 is 0 Å². The van der Waals surface area contributed by atoms with Gasteiger partial charge in [0.25, 0.3) is 0 Å². The highest BCUT2D eigenvalue weighted by Crippen LogP contribution is 2.29. The van der Waals surface area contributed by atoms with Crippen LogP contribution in [0.5, 0.6) is 0 Å². The van der Waals surface area contributed by atoms with Gasteiger partial charge in [0.15, 0.2) is 0 Å². The standard InChI is InChI=1S/C22H33N3O3/c1-4-21(26)25(15-19-9-6-12-28-19)14-17-13-18(10-11-20(17)24(2)3)23-22(27)16-7-5-8-16/h10-11,13,16,19H,4-9,12,14-15H2,1-3H3,(H,23,27)/t19-/m0/s1. The zero-order chi connectivity index (χ0) is 20.1. The van der Waals surface area contributed by atoms with E-state index in [1.807, 2.05) is 49.0 Å². The summed E-state index contributed by atoms with van der Waals surface area (Å²) in [4.78, 5) is 28.8. The molecule has 0 spiro atoms. The maximum Gasteiger partial charge on any atom is 0.227 e. The molecule has 2 aliphatic rings. The van der Waals surface area contributed by atoms with Gasteiger partial charge in [-0.15, -0.1) is 0 Å². The molecule has 0 unspecified atom stereocenters. The topological polar surface area (TPSA) is 61.9 Å². The first-order chi connectivity index (χ1) is 13.5. The minimum atomic E-state index is 0.107. The highest BCUT2D eigenvalue weighted by Gasteiger charge is 2.26. The molecule has 1 aromatic rings. The molecule has 1 aliphatic heterocycles. The van der Waals surface area contributed by atoms with Crippen LogP contribution in [-0.2, 0) is 20.9 Å². The van der Waals surface area contributed by atoms with Crippen molar-refractivity contribution in [3.05, 3.63) is 23.8 Å². The number of carbonyl (C=O) groups is 2. The monoisotopic (exact) mass is 387 g/mol. The Morgan fingerprint density at radius 1 is 1.18 bits per heavy atom. The van der Waals surface area contributed by atoms with Crippen molar-refractivity contribution < 1.29 is 14.3 Å². The van der Waals surface area contributed by atoms with Crippen LogP contribution < -0.4 is 10.2 Å². The minimum absolute atomic E-state index is 0.107. The lowest BCUT2D eigenvalue weighted by Crippen LogP contribution is -2.37. The number of ether oxygens (including phenoxy) is 1. The van der Waals surface area contributed by atoms with Crippen LogP contribution in [0.1, 0.15) is 51.0 Å². The fourth-order valence-electron chi connectivity index (χ4n) is 3.86. The van der Waals surface area contributed by atoms with E-state index in [1.165, 1.54) is 0 Å². The number of nitrogens with zero attached hydrogens (tertiary/aromatic N) is 2. The van der Waals surface area contributed by atoms with Crippen molar-refractivity contribution in [1.82, 2.24) is 4.90 Å². The predicted octanol–water partition coefficient (Wildman–Crippen LogP) is 3.41. The lowest BCUT2D eigenvalue weighted by Gasteiger charge is -2.28. The first kappa shape index (κ1) is 20.6. The molecule has 6 heteroatoms. The summed E-state index contributed by atoms with van der Waals surface area (Å²) in [6.45, 7) is 3.82. The average molecular weight is 388 g/mol. The largest absolute Gasteiger partial charge is 0.377 e. The van der Waals surface area contributed by atoms with Gasteiger partial charge < -0.3 is 19.9 Å². The van der Waals surface area contributed by atoms with E-state index in [0.29, 0.717) is 19.5 Å². The van der Waals surface area contributed by atoms with Gasteiger partial charge in [-0.25, -0.2) is 0 Å². The molecule has 0 radical (unpaired) electrons. The quantitative estimate of drug-likeness (QED) is 0.743. The van der Waals surface area contributed by atoms with Crippen LogP contribution in [0.4, 0.5) is 11.4 Å². The molecule has 0 bridgehead atoms. The number of amides is 2. The van der Waals surface area contributed by atoms with Crippen LogP contribution >= 0.6 is 0 Å². The second-order valence-corrected chi connectivity index (χ2v) is 8.12. The van der Waals surface area contributed by atoms with Crippen LogP contribution in [0.2, 0.25) is 0 Å². The van der Waals surface area contributed by atoms with Crippen molar-refractivity contribution in [1.29, 1.82) is 0 Å². The SMILES string of the molecule is CCC(=O)N(Cc1cc(NC(=O)C2CCC2)ccc1N(C)C)C[C@@H]1CCCO1. The van der Waals surface area contributed by atoms with Crippen molar-refractivity contribution in [2.75, 3.05) is 37.5 Å². The zero-order valence-electron chi connectivity index (χ0n) is 17.4. The molecule has 1 saturated heterocycles. The molecule has 0 aromatic heterocycles. The van der Waals surface area contributed by atoms with Gasteiger partial charge in [-0.1, -0.05) is 13.3 Å². The summed E-state index contributed by atoms with van der Waals surface area (Å²) in [5.41, 5.74) is 2.90. The van der Waals surface area contributed by atoms with Crippen LogP contribution in [-0.4, -0.2) is 50.1 Å². The minimum Gasteiger partial charge on any atom is -0.377 e. The molecule has 1 aliphatic carbocycles. The van der Waals surface area contributed by atoms with E-state index in [2.05, 4.69) is 5.32 Å². The maximum atomic E-state index is 12.6. The Labute approximate surface area is 168 Å². The van der Waals surface area contributed by atoms with Crippen LogP contribution in [0, 0.1) is 5.92 Å². The molecule has 1 saturated carbocycles. The maximum absolute atomic E-state index is 12.6. The van der Waals surface area contributed by atoms with Crippen molar-refractivity contribution in [3.63, 3.8) is 0 Å². The third-order valence-electron chi connectivity index (χ3n) is 5.77. The number of hydrogen-bond acceptors (Lipinski definition) is 4. The Kier molecular flexibility index (Phi) is 6.94. The first-order valence-electron chi connectivity index (χ1n) is 10.5. The highest BCUT2D eigenvalue weighted by molar-refractivity contribution is 5.93. The summed E-state index contributed by atoms with van der Waals surface area (Å²) in [6.07, 6.45) is 5.77. The molecule has 1 heterocycles. The second-order valence-electron chi connectivity index (χ2n) is 8.12. The van der Waals surface area contributed by atoms with Crippen molar-refractivity contribution in [2.24, 2.45) is 5.92 Å². The van der Waals surface area contributed by atoms with Gasteiger partial charge in [-0.05, 0) is 49.4 Å². The van der Waals surface area contributed by atoms with Crippen molar-refractivity contribution in [2.45, 2.75) is 58.1 Å². The van der Waals surface area contributed by atoms with E-state index < -0.39 is 0 Å². The smallest absolute Gasteiger partial charge is 0.227 e. The normalized spacial score (nSPS) is 19.2. The lowest BCUT2D eigenvalue weighted by molar-refractivity contribution is -0.133. The van der Waals surface area contributed by atoms with E-state index in [-0.39, 0.29) is 23.8 Å². The van der Waals surface area contributed by atoms with Crippen LogP contribution in [0.3, 0.4) is 0 Å². The fraction of sp³-hybridized carbons (Fsp3) is 0.636.